The van der Waals surface area contributed by atoms with Crippen LogP contribution in [0.4, 0.5) is 4.39 Å². The van der Waals surface area contributed by atoms with Gasteiger partial charge < -0.3 is 15.2 Å². The number of aliphatic hydroxyl groups is 1. The zero-order chi connectivity index (χ0) is 13.5. The summed E-state index contributed by atoms with van der Waals surface area (Å²) in [6.07, 6.45) is 0.603. The molecule has 0 fully saturated rings. The molecule has 100 valence electrons. The first-order valence-corrected chi connectivity index (χ1v) is 5.81. The van der Waals surface area contributed by atoms with Crippen LogP contribution in [0, 0.1) is 11.7 Å². The molecule has 0 aliphatic carbocycles. The van der Waals surface area contributed by atoms with Crippen molar-refractivity contribution in [1.29, 1.82) is 0 Å². The third-order valence-corrected chi connectivity index (χ3v) is 2.65. The van der Waals surface area contributed by atoms with Gasteiger partial charge >= 0.3 is 0 Å². The number of ether oxygens (including phenoxy) is 1. The molecular formula is C13H18FNO3. The van der Waals surface area contributed by atoms with Gasteiger partial charge in [0.1, 0.15) is 11.6 Å². The van der Waals surface area contributed by atoms with Crippen LogP contribution in [-0.2, 0) is 0 Å². The number of rotatable bonds is 6. The quantitative estimate of drug-likeness (QED) is 0.811. The van der Waals surface area contributed by atoms with Crippen LogP contribution in [0.25, 0.3) is 0 Å². The van der Waals surface area contributed by atoms with Gasteiger partial charge in [0.2, 0.25) is 0 Å². The van der Waals surface area contributed by atoms with Gasteiger partial charge in [0.15, 0.2) is 0 Å². The number of carbonyl (C=O) groups is 1. The van der Waals surface area contributed by atoms with Crippen molar-refractivity contribution in [2.45, 2.75) is 13.3 Å². The zero-order valence-corrected chi connectivity index (χ0v) is 10.6. The monoisotopic (exact) mass is 255 g/mol. The highest BCUT2D eigenvalue weighted by Crippen LogP contribution is 2.16. The highest BCUT2D eigenvalue weighted by atomic mass is 19.1. The highest BCUT2D eigenvalue weighted by Gasteiger charge is 2.13. The molecular weight excluding hydrogens is 237 g/mol. The van der Waals surface area contributed by atoms with E-state index >= 15 is 0 Å². The van der Waals surface area contributed by atoms with E-state index in [9.17, 15) is 9.18 Å². The molecule has 0 spiro atoms. The molecule has 0 saturated heterocycles. The third kappa shape index (κ3) is 4.00. The van der Waals surface area contributed by atoms with E-state index in [1.807, 2.05) is 6.92 Å². The van der Waals surface area contributed by atoms with E-state index in [-0.39, 0.29) is 18.1 Å². The summed E-state index contributed by atoms with van der Waals surface area (Å²) in [6.45, 7) is 2.39. The van der Waals surface area contributed by atoms with Crippen LogP contribution < -0.4 is 10.1 Å². The Bertz CT molecular complexity index is 409. The van der Waals surface area contributed by atoms with Crippen molar-refractivity contribution < 1.29 is 19.0 Å². The molecule has 0 aliphatic heterocycles. The van der Waals surface area contributed by atoms with Crippen LogP contribution in [0.3, 0.4) is 0 Å². The molecule has 0 radical (unpaired) electrons. The van der Waals surface area contributed by atoms with E-state index < -0.39 is 11.7 Å². The van der Waals surface area contributed by atoms with Crippen LogP contribution in [0.5, 0.6) is 5.75 Å². The lowest BCUT2D eigenvalue weighted by Gasteiger charge is -2.11. The molecule has 18 heavy (non-hydrogen) atoms. The number of hydrogen-bond acceptors (Lipinski definition) is 3. The third-order valence-electron chi connectivity index (χ3n) is 2.65. The van der Waals surface area contributed by atoms with Gasteiger partial charge in [-0.2, -0.15) is 0 Å². The number of carbonyl (C=O) groups excluding carboxylic acids is 1. The maximum Gasteiger partial charge on any atom is 0.254 e. The lowest BCUT2D eigenvalue weighted by molar-refractivity contribution is 0.0941. The number of nitrogens with one attached hydrogen (secondary N) is 1. The van der Waals surface area contributed by atoms with Gasteiger partial charge in [-0.25, -0.2) is 4.39 Å². The van der Waals surface area contributed by atoms with Gasteiger partial charge in [0.05, 0.1) is 12.7 Å². The number of hydrogen-bond donors (Lipinski definition) is 2. The number of aliphatic hydroxyl groups excluding tert-OH is 1. The Morgan fingerprint density at radius 1 is 1.56 bits per heavy atom. The Hall–Kier alpha value is -1.62. The smallest absolute Gasteiger partial charge is 0.254 e. The molecule has 1 aromatic carbocycles. The Balaban J connectivity index is 2.61. The number of methoxy groups -OCH3 is 1. The summed E-state index contributed by atoms with van der Waals surface area (Å²) in [4.78, 5) is 11.7. The summed E-state index contributed by atoms with van der Waals surface area (Å²) in [5.74, 6) is -0.542. The number of halogens is 1. The summed E-state index contributed by atoms with van der Waals surface area (Å²) >= 11 is 0. The molecule has 1 aromatic rings. The first kappa shape index (κ1) is 14.4. The molecule has 1 unspecified atom stereocenters. The van der Waals surface area contributed by atoms with Crippen molar-refractivity contribution in [3.05, 3.63) is 29.6 Å². The van der Waals surface area contributed by atoms with Gasteiger partial charge in [0, 0.05) is 19.2 Å². The molecule has 1 atom stereocenters. The second-order valence-corrected chi connectivity index (χ2v) is 4.17. The average Bonchev–Trinajstić information content (AvgIpc) is 2.36. The maximum atomic E-state index is 13.6. The Labute approximate surface area is 106 Å². The van der Waals surface area contributed by atoms with Gasteiger partial charge in [-0.15, -0.1) is 0 Å². The second-order valence-electron chi connectivity index (χ2n) is 4.17. The predicted octanol–water partition coefficient (Wildman–Crippen LogP) is 1.58. The molecule has 5 heteroatoms. The molecule has 0 aromatic heterocycles. The van der Waals surface area contributed by atoms with Crippen molar-refractivity contribution in [2.24, 2.45) is 5.92 Å². The van der Waals surface area contributed by atoms with Crippen molar-refractivity contribution in [1.82, 2.24) is 5.32 Å². The molecule has 2 N–H and O–H groups in total. The van der Waals surface area contributed by atoms with Crippen molar-refractivity contribution in [3.8, 4) is 5.75 Å². The zero-order valence-electron chi connectivity index (χ0n) is 10.6. The maximum absolute atomic E-state index is 13.6. The number of benzene rings is 1. The van der Waals surface area contributed by atoms with Crippen LogP contribution >= 0.6 is 0 Å². The van der Waals surface area contributed by atoms with Crippen molar-refractivity contribution >= 4 is 5.91 Å². The van der Waals surface area contributed by atoms with E-state index in [0.29, 0.717) is 18.7 Å². The highest BCUT2D eigenvalue weighted by molar-refractivity contribution is 5.94. The molecule has 0 heterocycles. The Morgan fingerprint density at radius 3 is 2.83 bits per heavy atom. The molecule has 0 saturated carbocycles. The summed E-state index contributed by atoms with van der Waals surface area (Å²) < 4.78 is 18.4. The molecule has 4 nitrogen and oxygen atoms in total. The largest absolute Gasteiger partial charge is 0.497 e. The van der Waals surface area contributed by atoms with Crippen LogP contribution in [0.2, 0.25) is 0 Å². The van der Waals surface area contributed by atoms with Crippen LogP contribution in [0.1, 0.15) is 23.7 Å². The van der Waals surface area contributed by atoms with E-state index in [1.165, 1.54) is 25.3 Å². The van der Waals surface area contributed by atoms with Gasteiger partial charge in [-0.05, 0) is 24.5 Å². The second kappa shape index (κ2) is 6.96. The number of amides is 1. The minimum Gasteiger partial charge on any atom is -0.497 e. The molecule has 0 bridgehead atoms. The van der Waals surface area contributed by atoms with Gasteiger partial charge in [0.25, 0.3) is 5.91 Å². The normalized spacial score (nSPS) is 12.0. The van der Waals surface area contributed by atoms with Crippen LogP contribution in [0.15, 0.2) is 18.2 Å². The topological polar surface area (TPSA) is 58.6 Å². The molecule has 1 amide bonds. The fraction of sp³-hybridized carbons (Fsp3) is 0.462. The molecule has 1 rings (SSSR count). The lowest BCUT2D eigenvalue weighted by atomic mass is 10.1. The summed E-state index contributed by atoms with van der Waals surface area (Å²) in [5.41, 5.74) is -0.00741. The SMILES string of the molecule is COc1ccc(C(=O)NCC(C)CCO)c(F)c1. The first-order chi connectivity index (χ1) is 8.58. The Kier molecular flexibility index (Phi) is 5.58. The predicted molar refractivity (Wildman–Crippen MR) is 66.2 cm³/mol. The first-order valence-electron chi connectivity index (χ1n) is 5.81. The fourth-order valence-electron chi connectivity index (χ4n) is 1.49. The summed E-state index contributed by atoms with van der Waals surface area (Å²) in [6, 6.07) is 4.10. The standard InChI is InChI=1S/C13H18FNO3/c1-9(5-6-16)8-15-13(17)11-4-3-10(18-2)7-12(11)14/h3-4,7,9,16H,5-6,8H2,1-2H3,(H,15,17). The van der Waals surface area contributed by atoms with Crippen molar-refractivity contribution in [2.75, 3.05) is 20.3 Å². The average molecular weight is 255 g/mol. The lowest BCUT2D eigenvalue weighted by Crippen LogP contribution is -2.29. The van der Waals surface area contributed by atoms with E-state index in [2.05, 4.69) is 5.32 Å². The fourth-order valence-corrected chi connectivity index (χ4v) is 1.49. The van der Waals surface area contributed by atoms with Crippen molar-refractivity contribution in [3.63, 3.8) is 0 Å². The Morgan fingerprint density at radius 2 is 2.28 bits per heavy atom. The van der Waals surface area contributed by atoms with E-state index in [1.54, 1.807) is 0 Å². The van der Waals surface area contributed by atoms with E-state index in [4.69, 9.17) is 9.84 Å². The van der Waals surface area contributed by atoms with Gasteiger partial charge in [-0.3, -0.25) is 4.79 Å². The summed E-state index contributed by atoms with van der Waals surface area (Å²) in [7, 11) is 1.44. The minimum absolute atomic E-state index is 0.00741. The minimum atomic E-state index is -0.610. The molecule has 0 aliphatic rings. The summed E-state index contributed by atoms with van der Waals surface area (Å²) in [5, 5.41) is 11.4. The van der Waals surface area contributed by atoms with Crippen LogP contribution in [-0.4, -0.2) is 31.3 Å². The van der Waals surface area contributed by atoms with E-state index in [0.717, 1.165) is 0 Å². The van der Waals surface area contributed by atoms with Gasteiger partial charge in [-0.1, -0.05) is 6.92 Å².